The third kappa shape index (κ3) is 3.28. The summed E-state index contributed by atoms with van der Waals surface area (Å²) >= 11 is 4.57. The van der Waals surface area contributed by atoms with Crippen LogP contribution in [0.3, 0.4) is 0 Å². The SMILES string of the molecule is O=C1N[C@H]2[C@H](CS[C@H]2CCCCC(=O)OBr)N1. The van der Waals surface area contributed by atoms with Crippen molar-refractivity contribution >= 4 is 40.0 Å². The lowest BCUT2D eigenvalue weighted by atomic mass is 10.0. The van der Waals surface area contributed by atoms with Gasteiger partial charge in [-0.1, -0.05) is 6.42 Å². The second-order valence-electron chi connectivity index (χ2n) is 4.32. The minimum absolute atomic E-state index is 0.0480. The van der Waals surface area contributed by atoms with Crippen molar-refractivity contribution in [3.05, 3.63) is 0 Å². The van der Waals surface area contributed by atoms with Crippen molar-refractivity contribution in [1.82, 2.24) is 10.6 Å². The third-order valence-corrected chi connectivity index (χ3v) is 5.01. The maximum absolute atomic E-state index is 11.2. The maximum Gasteiger partial charge on any atom is 0.317 e. The van der Waals surface area contributed by atoms with Crippen LogP contribution in [-0.2, 0) is 8.62 Å². The summed E-state index contributed by atoms with van der Waals surface area (Å²) in [5.74, 6) is 0.759. The monoisotopic (exact) mass is 322 g/mol. The Labute approximate surface area is 113 Å². The van der Waals surface area contributed by atoms with Crippen molar-refractivity contribution in [3.8, 4) is 0 Å². The summed E-state index contributed by atoms with van der Waals surface area (Å²) < 4.78 is 4.41. The van der Waals surface area contributed by atoms with Crippen LogP contribution in [0.2, 0.25) is 0 Å². The van der Waals surface area contributed by atoms with Crippen LogP contribution in [0.5, 0.6) is 0 Å². The molecule has 0 aromatic rings. The topological polar surface area (TPSA) is 67.4 Å². The van der Waals surface area contributed by atoms with E-state index in [2.05, 4.69) is 30.7 Å². The van der Waals surface area contributed by atoms with E-state index in [1.807, 2.05) is 11.8 Å². The van der Waals surface area contributed by atoms with Crippen LogP contribution in [0.15, 0.2) is 0 Å². The maximum atomic E-state index is 11.2. The van der Waals surface area contributed by atoms with E-state index in [9.17, 15) is 9.59 Å². The van der Waals surface area contributed by atoms with E-state index >= 15 is 0 Å². The van der Waals surface area contributed by atoms with Crippen molar-refractivity contribution in [2.24, 2.45) is 0 Å². The Morgan fingerprint density at radius 1 is 1.47 bits per heavy atom. The minimum Gasteiger partial charge on any atom is -0.384 e. The molecule has 3 atom stereocenters. The van der Waals surface area contributed by atoms with Gasteiger partial charge in [-0.15, -0.1) is 0 Å². The zero-order valence-electron chi connectivity index (χ0n) is 9.28. The summed E-state index contributed by atoms with van der Waals surface area (Å²) in [6, 6.07) is 0.494. The Kier molecular flexibility index (Phi) is 4.55. The number of amides is 2. The van der Waals surface area contributed by atoms with Gasteiger partial charge >= 0.3 is 12.0 Å². The zero-order valence-corrected chi connectivity index (χ0v) is 11.7. The first-order valence-electron chi connectivity index (χ1n) is 5.71. The van der Waals surface area contributed by atoms with Crippen molar-refractivity contribution < 1.29 is 13.4 Å². The normalized spacial score (nSPS) is 30.6. The Hall–Kier alpha value is -0.430. The number of carbonyl (C=O) groups is 2. The Morgan fingerprint density at radius 2 is 2.29 bits per heavy atom. The molecule has 2 amide bonds. The van der Waals surface area contributed by atoms with E-state index < -0.39 is 0 Å². The van der Waals surface area contributed by atoms with Crippen molar-refractivity contribution in [3.63, 3.8) is 0 Å². The summed E-state index contributed by atoms with van der Waals surface area (Å²) in [5, 5.41) is 6.34. The summed E-state index contributed by atoms with van der Waals surface area (Å²) in [7, 11) is 0. The average Bonchev–Trinajstić information content (AvgIpc) is 2.84. The van der Waals surface area contributed by atoms with E-state index in [-0.39, 0.29) is 24.1 Å². The van der Waals surface area contributed by atoms with E-state index in [0.29, 0.717) is 11.7 Å². The van der Waals surface area contributed by atoms with Gasteiger partial charge in [-0.2, -0.15) is 11.8 Å². The largest absolute Gasteiger partial charge is 0.384 e. The molecule has 0 spiro atoms. The molecule has 7 heteroatoms. The Balaban J connectivity index is 1.66. The molecule has 5 nitrogen and oxygen atoms in total. The summed E-state index contributed by atoms with van der Waals surface area (Å²) in [6.45, 7) is 0. The highest BCUT2D eigenvalue weighted by Gasteiger charge is 2.42. The summed E-state index contributed by atoms with van der Waals surface area (Å²) in [4.78, 5) is 22.1. The van der Waals surface area contributed by atoms with Crippen LogP contribution in [0.4, 0.5) is 4.79 Å². The fourth-order valence-electron chi connectivity index (χ4n) is 2.30. The fourth-order valence-corrected chi connectivity index (χ4v) is 4.00. The fraction of sp³-hybridized carbons (Fsp3) is 0.800. The van der Waals surface area contributed by atoms with Crippen LogP contribution in [0.25, 0.3) is 0 Å². The average molecular weight is 323 g/mol. The number of rotatable bonds is 5. The van der Waals surface area contributed by atoms with Crippen LogP contribution < -0.4 is 10.6 Å². The predicted octanol–water partition coefficient (Wildman–Crippen LogP) is 1.57. The van der Waals surface area contributed by atoms with E-state index in [1.165, 1.54) is 0 Å². The standard InChI is InChI=1S/C10H15BrN2O3S/c11-16-8(14)4-2-1-3-7-9-6(5-17-7)12-10(15)13-9/h6-7,9H,1-5H2,(H2,12,13,15)/t6-,7-,9-/m0/s1. The number of unbranched alkanes of at least 4 members (excludes halogenated alkanes) is 1. The summed E-state index contributed by atoms with van der Waals surface area (Å²) in [6.07, 6.45) is 3.30. The van der Waals surface area contributed by atoms with Crippen molar-refractivity contribution in [2.75, 3.05) is 5.75 Å². The van der Waals surface area contributed by atoms with Crippen LogP contribution in [0.1, 0.15) is 25.7 Å². The number of hydrogen-bond donors (Lipinski definition) is 2. The molecular formula is C10H15BrN2O3S. The van der Waals surface area contributed by atoms with Gasteiger partial charge in [0.15, 0.2) is 16.3 Å². The second-order valence-corrected chi connectivity index (χ2v) is 5.91. The van der Waals surface area contributed by atoms with Gasteiger partial charge < -0.3 is 14.5 Å². The first-order chi connectivity index (χ1) is 8.20. The molecule has 0 aromatic carbocycles. The molecule has 2 aliphatic rings. The number of urea groups is 1. The lowest BCUT2D eigenvalue weighted by Crippen LogP contribution is -2.36. The van der Waals surface area contributed by atoms with E-state index in [4.69, 9.17) is 0 Å². The molecular weight excluding hydrogens is 308 g/mol. The van der Waals surface area contributed by atoms with Crippen LogP contribution >= 0.6 is 28.0 Å². The molecule has 0 aliphatic carbocycles. The molecule has 17 heavy (non-hydrogen) atoms. The van der Waals surface area contributed by atoms with Gasteiger partial charge in [-0.05, 0) is 12.8 Å². The van der Waals surface area contributed by atoms with Crippen LogP contribution in [0, 0.1) is 0 Å². The van der Waals surface area contributed by atoms with Gasteiger partial charge in [0, 0.05) is 17.4 Å². The molecule has 0 saturated carbocycles. The highest BCUT2D eigenvalue weighted by molar-refractivity contribution is 9.06. The molecule has 2 heterocycles. The third-order valence-electron chi connectivity index (χ3n) is 3.14. The molecule has 2 N–H and O–H groups in total. The molecule has 96 valence electrons. The molecule has 0 bridgehead atoms. The highest BCUT2D eigenvalue weighted by atomic mass is 79.9. The van der Waals surface area contributed by atoms with Gasteiger partial charge in [0.2, 0.25) is 0 Å². The van der Waals surface area contributed by atoms with Gasteiger partial charge in [-0.25, -0.2) is 4.79 Å². The second kappa shape index (κ2) is 5.95. The molecule has 2 rings (SSSR count). The highest BCUT2D eigenvalue weighted by Crippen LogP contribution is 2.33. The molecule has 2 aliphatic heterocycles. The molecule has 2 saturated heterocycles. The number of nitrogens with one attached hydrogen (secondary N) is 2. The predicted molar refractivity (Wildman–Crippen MR) is 69.0 cm³/mol. The Bertz CT molecular complexity index is 316. The number of halogens is 1. The molecule has 2 fully saturated rings. The van der Waals surface area contributed by atoms with Gasteiger partial charge in [0.1, 0.15) is 0 Å². The van der Waals surface area contributed by atoms with E-state index in [0.717, 1.165) is 25.0 Å². The Morgan fingerprint density at radius 3 is 3.06 bits per heavy atom. The van der Waals surface area contributed by atoms with Gasteiger partial charge in [0.25, 0.3) is 0 Å². The minimum atomic E-state index is -0.224. The summed E-state index contributed by atoms with van der Waals surface area (Å²) in [5.41, 5.74) is 0. The molecule has 0 radical (unpaired) electrons. The van der Waals surface area contributed by atoms with Crippen molar-refractivity contribution in [1.29, 1.82) is 0 Å². The number of fused-ring (bicyclic) bond motifs is 1. The van der Waals surface area contributed by atoms with Crippen LogP contribution in [-0.4, -0.2) is 35.1 Å². The number of thioether (sulfide) groups is 1. The lowest BCUT2D eigenvalue weighted by Gasteiger charge is -2.16. The first-order valence-corrected chi connectivity index (χ1v) is 7.40. The lowest BCUT2D eigenvalue weighted by molar-refractivity contribution is -0.132. The number of carbonyl (C=O) groups excluding carboxylic acids is 2. The smallest absolute Gasteiger partial charge is 0.317 e. The van der Waals surface area contributed by atoms with E-state index in [1.54, 1.807) is 0 Å². The van der Waals surface area contributed by atoms with Gasteiger partial charge in [-0.3, -0.25) is 4.79 Å². The number of hydrogen-bond acceptors (Lipinski definition) is 4. The van der Waals surface area contributed by atoms with Gasteiger partial charge in [0.05, 0.1) is 12.1 Å². The zero-order chi connectivity index (χ0) is 12.3. The quantitative estimate of drug-likeness (QED) is 0.595. The van der Waals surface area contributed by atoms with Crippen molar-refractivity contribution in [2.45, 2.75) is 43.0 Å². The first kappa shape index (κ1) is 13.0. The molecule has 0 aromatic heterocycles. The molecule has 0 unspecified atom stereocenters.